The van der Waals surface area contributed by atoms with E-state index in [-0.39, 0.29) is 25.3 Å². The number of hydrogen-bond acceptors (Lipinski definition) is 3. The van der Waals surface area contributed by atoms with E-state index in [4.69, 9.17) is 4.74 Å². The molecule has 21 heavy (non-hydrogen) atoms. The van der Waals surface area contributed by atoms with Gasteiger partial charge in [0.2, 0.25) is 0 Å². The van der Waals surface area contributed by atoms with E-state index in [1.54, 1.807) is 6.92 Å². The standard InChI is InChI=1S/C15H28N2O4/c1-10(2)6-5-7-11(3)16-14(20)17-12-8-21-9-15(12,4)13(18)19/h10-12H,5-9H2,1-4H3,(H,18,19)(H2,16,17,20). The summed E-state index contributed by atoms with van der Waals surface area (Å²) in [4.78, 5) is 23.2. The minimum atomic E-state index is -1.06. The Kier molecular flexibility index (Phi) is 6.45. The smallest absolute Gasteiger partial charge is 0.315 e. The highest BCUT2D eigenvalue weighted by Crippen LogP contribution is 2.28. The van der Waals surface area contributed by atoms with E-state index < -0.39 is 17.4 Å². The van der Waals surface area contributed by atoms with Crippen LogP contribution in [0.3, 0.4) is 0 Å². The van der Waals surface area contributed by atoms with Crippen molar-refractivity contribution in [3.8, 4) is 0 Å². The second kappa shape index (κ2) is 7.64. The molecule has 6 heteroatoms. The van der Waals surface area contributed by atoms with Gasteiger partial charge in [0.1, 0.15) is 5.41 Å². The van der Waals surface area contributed by atoms with Gasteiger partial charge in [0, 0.05) is 6.04 Å². The minimum absolute atomic E-state index is 0.0714. The molecule has 1 rings (SSSR count). The third-order valence-electron chi connectivity index (χ3n) is 4.05. The van der Waals surface area contributed by atoms with Crippen LogP contribution in [0.4, 0.5) is 4.79 Å². The van der Waals surface area contributed by atoms with Crippen LogP contribution in [0.5, 0.6) is 0 Å². The van der Waals surface area contributed by atoms with Crippen LogP contribution in [0, 0.1) is 11.3 Å². The van der Waals surface area contributed by atoms with Gasteiger partial charge in [0.05, 0.1) is 19.3 Å². The maximum atomic E-state index is 11.9. The molecule has 1 heterocycles. The third-order valence-corrected chi connectivity index (χ3v) is 4.05. The Balaban J connectivity index is 2.38. The molecule has 122 valence electrons. The zero-order valence-corrected chi connectivity index (χ0v) is 13.4. The quantitative estimate of drug-likeness (QED) is 0.671. The molecule has 0 aromatic rings. The first-order valence-corrected chi connectivity index (χ1v) is 7.64. The number of urea groups is 1. The van der Waals surface area contributed by atoms with Crippen LogP contribution in [0.1, 0.15) is 47.0 Å². The number of carboxylic acids is 1. The van der Waals surface area contributed by atoms with E-state index in [9.17, 15) is 14.7 Å². The molecular formula is C15H28N2O4. The van der Waals surface area contributed by atoms with Gasteiger partial charge >= 0.3 is 12.0 Å². The van der Waals surface area contributed by atoms with Crippen LogP contribution in [-0.2, 0) is 9.53 Å². The topological polar surface area (TPSA) is 87.7 Å². The highest BCUT2D eigenvalue weighted by atomic mass is 16.5. The van der Waals surface area contributed by atoms with E-state index in [2.05, 4.69) is 24.5 Å². The fourth-order valence-corrected chi connectivity index (χ4v) is 2.41. The molecule has 3 N–H and O–H groups in total. The Labute approximate surface area is 126 Å². The van der Waals surface area contributed by atoms with Crippen molar-refractivity contribution in [2.75, 3.05) is 13.2 Å². The zero-order chi connectivity index (χ0) is 16.0. The SMILES string of the molecule is CC(C)CCCC(C)NC(=O)NC1COCC1(C)C(=O)O. The summed E-state index contributed by atoms with van der Waals surface area (Å²) in [7, 11) is 0. The number of carbonyl (C=O) groups excluding carboxylic acids is 1. The molecular weight excluding hydrogens is 272 g/mol. The Hall–Kier alpha value is -1.30. The first kappa shape index (κ1) is 17.8. The van der Waals surface area contributed by atoms with Crippen molar-refractivity contribution < 1.29 is 19.4 Å². The molecule has 0 aliphatic carbocycles. The van der Waals surface area contributed by atoms with Gasteiger partial charge in [-0.25, -0.2) is 4.79 Å². The van der Waals surface area contributed by atoms with Crippen LogP contribution < -0.4 is 10.6 Å². The lowest BCUT2D eigenvalue weighted by atomic mass is 9.85. The summed E-state index contributed by atoms with van der Waals surface area (Å²) < 4.78 is 5.21. The average Bonchev–Trinajstić information content (AvgIpc) is 2.71. The van der Waals surface area contributed by atoms with Crippen LogP contribution in [0.2, 0.25) is 0 Å². The second-order valence-corrected chi connectivity index (χ2v) is 6.63. The molecule has 3 atom stereocenters. The molecule has 1 aliphatic rings. The lowest BCUT2D eigenvalue weighted by molar-refractivity contribution is -0.148. The molecule has 0 aromatic heterocycles. The van der Waals surface area contributed by atoms with E-state index in [0.717, 1.165) is 19.3 Å². The lowest BCUT2D eigenvalue weighted by Gasteiger charge is -2.26. The van der Waals surface area contributed by atoms with Crippen LogP contribution >= 0.6 is 0 Å². The van der Waals surface area contributed by atoms with Crippen LogP contribution in [0.15, 0.2) is 0 Å². The highest BCUT2D eigenvalue weighted by Gasteiger charge is 2.47. The average molecular weight is 300 g/mol. The molecule has 0 saturated carbocycles. The van der Waals surface area contributed by atoms with Crippen LogP contribution in [-0.4, -0.2) is 42.4 Å². The molecule has 1 aliphatic heterocycles. The maximum Gasteiger partial charge on any atom is 0.315 e. The molecule has 3 unspecified atom stereocenters. The van der Waals surface area contributed by atoms with Gasteiger partial charge in [-0.15, -0.1) is 0 Å². The Bertz CT molecular complexity index is 373. The largest absolute Gasteiger partial charge is 0.481 e. The van der Waals surface area contributed by atoms with Crippen molar-refractivity contribution in [2.24, 2.45) is 11.3 Å². The van der Waals surface area contributed by atoms with Gasteiger partial charge in [-0.1, -0.05) is 26.7 Å². The fourth-order valence-electron chi connectivity index (χ4n) is 2.41. The Morgan fingerprint density at radius 3 is 2.57 bits per heavy atom. The summed E-state index contributed by atoms with van der Waals surface area (Å²) in [5.74, 6) is -0.284. The molecule has 0 radical (unpaired) electrons. The van der Waals surface area contributed by atoms with Gasteiger partial charge in [-0.2, -0.15) is 0 Å². The molecule has 2 amide bonds. The number of carbonyl (C=O) groups is 2. The predicted molar refractivity (Wildman–Crippen MR) is 80.2 cm³/mol. The van der Waals surface area contributed by atoms with Crippen molar-refractivity contribution in [2.45, 2.75) is 59.0 Å². The monoisotopic (exact) mass is 300 g/mol. The number of amides is 2. The van der Waals surface area contributed by atoms with Crippen molar-refractivity contribution >= 4 is 12.0 Å². The number of carboxylic acid groups (broad SMARTS) is 1. The Morgan fingerprint density at radius 1 is 1.33 bits per heavy atom. The molecule has 0 spiro atoms. The first-order valence-electron chi connectivity index (χ1n) is 7.64. The fraction of sp³-hybridized carbons (Fsp3) is 0.867. The van der Waals surface area contributed by atoms with Gasteiger partial charge in [0.25, 0.3) is 0 Å². The molecule has 0 bridgehead atoms. The summed E-state index contributed by atoms with van der Waals surface area (Å²) in [5, 5.41) is 14.8. The van der Waals surface area contributed by atoms with E-state index in [0.29, 0.717) is 5.92 Å². The summed E-state index contributed by atoms with van der Waals surface area (Å²) >= 11 is 0. The summed E-state index contributed by atoms with van der Waals surface area (Å²) in [6, 6.07) is -0.755. The van der Waals surface area contributed by atoms with Crippen LogP contribution in [0.25, 0.3) is 0 Å². The van der Waals surface area contributed by atoms with Crippen molar-refractivity contribution in [3.05, 3.63) is 0 Å². The summed E-state index contributed by atoms with van der Waals surface area (Å²) in [5.41, 5.74) is -1.06. The normalized spacial score (nSPS) is 26.6. The number of nitrogens with one attached hydrogen (secondary N) is 2. The zero-order valence-electron chi connectivity index (χ0n) is 13.4. The van der Waals surface area contributed by atoms with E-state index >= 15 is 0 Å². The van der Waals surface area contributed by atoms with E-state index in [1.165, 1.54) is 0 Å². The van der Waals surface area contributed by atoms with E-state index in [1.807, 2.05) is 6.92 Å². The predicted octanol–water partition coefficient (Wildman–Crippen LogP) is 1.99. The van der Waals surface area contributed by atoms with Gasteiger partial charge in [0.15, 0.2) is 0 Å². The maximum absolute atomic E-state index is 11.9. The summed E-state index contributed by atoms with van der Waals surface area (Å²) in [6.45, 7) is 8.27. The van der Waals surface area contributed by atoms with Gasteiger partial charge < -0.3 is 20.5 Å². The van der Waals surface area contributed by atoms with Crippen molar-refractivity contribution in [3.63, 3.8) is 0 Å². The summed E-state index contributed by atoms with van der Waals surface area (Å²) in [6.07, 6.45) is 3.13. The minimum Gasteiger partial charge on any atom is -0.481 e. The third kappa shape index (κ3) is 5.19. The molecule has 1 saturated heterocycles. The Morgan fingerprint density at radius 2 is 2.00 bits per heavy atom. The number of aliphatic carboxylic acids is 1. The van der Waals surface area contributed by atoms with Gasteiger partial charge in [-0.3, -0.25) is 4.79 Å². The highest BCUT2D eigenvalue weighted by molar-refractivity contribution is 5.79. The van der Waals surface area contributed by atoms with Crippen molar-refractivity contribution in [1.29, 1.82) is 0 Å². The number of rotatable bonds is 7. The van der Waals surface area contributed by atoms with Crippen molar-refractivity contribution in [1.82, 2.24) is 10.6 Å². The lowest BCUT2D eigenvalue weighted by Crippen LogP contribution is -2.53. The molecule has 0 aromatic carbocycles. The number of hydrogen-bond donors (Lipinski definition) is 3. The number of ether oxygens (including phenoxy) is 1. The second-order valence-electron chi connectivity index (χ2n) is 6.63. The first-order chi connectivity index (χ1) is 9.75. The molecule has 1 fully saturated rings. The van der Waals surface area contributed by atoms with Gasteiger partial charge in [-0.05, 0) is 26.2 Å². The molecule has 6 nitrogen and oxygen atoms in total.